The Hall–Kier alpha value is -1.89. The minimum absolute atomic E-state index is 0.0630. The van der Waals surface area contributed by atoms with E-state index in [1.54, 1.807) is 0 Å². The van der Waals surface area contributed by atoms with Gasteiger partial charge < -0.3 is 10.2 Å². The van der Waals surface area contributed by atoms with Crippen LogP contribution in [-0.2, 0) is 25.8 Å². The van der Waals surface area contributed by atoms with Crippen molar-refractivity contribution in [3.05, 3.63) is 35.9 Å². The molecule has 0 bridgehead atoms. The lowest BCUT2D eigenvalue weighted by Crippen LogP contribution is -2.46. The largest absolute Gasteiger partial charge is 0.347 e. The summed E-state index contributed by atoms with van der Waals surface area (Å²) in [5.74, 6) is -1.37. The summed E-state index contributed by atoms with van der Waals surface area (Å²) in [5, 5.41) is 2.58. The molecule has 0 spiro atoms. The molecule has 22 heavy (non-hydrogen) atoms. The predicted molar refractivity (Wildman–Crippen MR) is 83.0 cm³/mol. The molecule has 6 nitrogen and oxygen atoms in total. The van der Waals surface area contributed by atoms with E-state index in [1.807, 2.05) is 30.3 Å². The molecule has 2 amide bonds. The second-order valence-electron chi connectivity index (χ2n) is 5.46. The average Bonchev–Trinajstić information content (AvgIpc) is 2.87. The minimum atomic E-state index is -3.08. The molecular formula is C15H20N2O4S. The van der Waals surface area contributed by atoms with Crippen molar-refractivity contribution in [3.8, 4) is 0 Å². The summed E-state index contributed by atoms with van der Waals surface area (Å²) in [5.41, 5.74) is 1.07. The van der Waals surface area contributed by atoms with Gasteiger partial charge >= 0.3 is 11.8 Å². The van der Waals surface area contributed by atoms with Gasteiger partial charge in [-0.25, -0.2) is 8.42 Å². The number of amides is 2. The zero-order valence-electron chi connectivity index (χ0n) is 12.5. The third kappa shape index (κ3) is 4.30. The third-order valence-electron chi connectivity index (χ3n) is 3.81. The van der Waals surface area contributed by atoms with Crippen LogP contribution in [0.15, 0.2) is 30.3 Å². The van der Waals surface area contributed by atoms with Crippen LogP contribution < -0.4 is 5.32 Å². The predicted octanol–water partition coefficient (Wildman–Crippen LogP) is -0.00920. The van der Waals surface area contributed by atoms with E-state index in [2.05, 4.69) is 5.32 Å². The first-order valence-corrected chi connectivity index (χ1v) is 9.00. The SMILES string of the molecule is CN(C(=O)C(=O)NCCc1ccccc1)C1CCS(=O)(=O)C1. The first-order chi connectivity index (χ1) is 10.4. The summed E-state index contributed by atoms with van der Waals surface area (Å²) in [6, 6.07) is 9.23. The number of carbonyl (C=O) groups excluding carboxylic acids is 2. The van der Waals surface area contributed by atoms with Crippen LogP contribution in [0.1, 0.15) is 12.0 Å². The van der Waals surface area contributed by atoms with Crippen molar-refractivity contribution in [1.82, 2.24) is 10.2 Å². The van der Waals surface area contributed by atoms with Crippen molar-refractivity contribution in [2.24, 2.45) is 0 Å². The van der Waals surface area contributed by atoms with Crippen LogP contribution >= 0.6 is 0 Å². The summed E-state index contributed by atoms with van der Waals surface area (Å²) in [6.07, 6.45) is 1.03. The maximum atomic E-state index is 12.0. The van der Waals surface area contributed by atoms with Gasteiger partial charge in [-0.2, -0.15) is 0 Å². The first kappa shape index (κ1) is 16.5. The highest BCUT2D eigenvalue weighted by Gasteiger charge is 2.34. The van der Waals surface area contributed by atoms with Gasteiger partial charge in [0.15, 0.2) is 9.84 Å². The molecule has 1 fully saturated rings. The Kier molecular flexibility index (Phi) is 5.18. The smallest absolute Gasteiger partial charge is 0.311 e. The number of sulfone groups is 1. The molecule has 2 rings (SSSR count). The van der Waals surface area contributed by atoms with Crippen molar-refractivity contribution in [3.63, 3.8) is 0 Å². The van der Waals surface area contributed by atoms with Crippen LogP contribution in [0, 0.1) is 0 Å². The van der Waals surface area contributed by atoms with Gasteiger partial charge in [0.1, 0.15) is 0 Å². The van der Waals surface area contributed by atoms with Gasteiger partial charge in [0.2, 0.25) is 0 Å². The lowest BCUT2D eigenvalue weighted by atomic mass is 10.1. The highest BCUT2D eigenvalue weighted by Crippen LogP contribution is 2.16. The van der Waals surface area contributed by atoms with Crippen LogP contribution in [0.4, 0.5) is 0 Å². The van der Waals surface area contributed by atoms with E-state index in [0.717, 1.165) is 5.56 Å². The molecule has 1 unspecified atom stereocenters. The summed E-state index contributed by atoms with van der Waals surface area (Å²) in [7, 11) is -1.60. The molecule has 0 aromatic heterocycles. The Morgan fingerprint density at radius 2 is 1.95 bits per heavy atom. The van der Waals surface area contributed by atoms with Crippen molar-refractivity contribution in [2.45, 2.75) is 18.9 Å². The van der Waals surface area contributed by atoms with Gasteiger partial charge in [0, 0.05) is 19.6 Å². The van der Waals surface area contributed by atoms with E-state index in [-0.39, 0.29) is 11.5 Å². The van der Waals surface area contributed by atoms with E-state index in [9.17, 15) is 18.0 Å². The van der Waals surface area contributed by atoms with Gasteiger partial charge in [-0.1, -0.05) is 30.3 Å². The van der Waals surface area contributed by atoms with Crippen LogP contribution in [0.25, 0.3) is 0 Å². The summed E-state index contributed by atoms with van der Waals surface area (Å²) >= 11 is 0. The molecule has 1 saturated heterocycles. The van der Waals surface area contributed by atoms with Crippen molar-refractivity contribution in [2.75, 3.05) is 25.1 Å². The number of carbonyl (C=O) groups is 2. The summed E-state index contributed by atoms with van der Waals surface area (Å²) < 4.78 is 22.9. The highest BCUT2D eigenvalue weighted by atomic mass is 32.2. The third-order valence-corrected chi connectivity index (χ3v) is 5.56. The quantitative estimate of drug-likeness (QED) is 0.790. The normalized spacial score (nSPS) is 19.6. The van der Waals surface area contributed by atoms with Crippen LogP contribution in [0.3, 0.4) is 0 Å². The Labute approximate surface area is 130 Å². The minimum Gasteiger partial charge on any atom is -0.347 e. The highest BCUT2D eigenvalue weighted by molar-refractivity contribution is 7.91. The molecule has 1 aromatic rings. The van der Waals surface area contributed by atoms with Gasteiger partial charge in [0.25, 0.3) is 0 Å². The van der Waals surface area contributed by atoms with E-state index in [4.69, 9.17) is 0 Å². The number of likely N-dealkylation sites (N-methyl/N-ethyl adjacent to an activating group) is 1. The fourth-order valence-corrected chi connectivity index (χ4v) is 4.22. The molecule has 1 aliphatic heterocycles. The van der Waals surface area contributed by atoms with Gasteiger partial charge in [-0.15, -0.1) is 0 Å². The van der Waals surface area contributed by atoms with Crippen LogP contribution in [0.5, 0.6) is 0 Å². The number of rotatable bonds is 4. The van der Waals surface area contributed by atoms with E-state index < -0.39 is 27.7 Å². The second-order valence-corrected chi connectivity index (χ2v) is 7.69. The van der Waals surface area contributed by atoms with Crippen LogP contribution in [-0.4, -0.2) is 56.3 Å². The Balaban J connectivity index is 1.80. The molecule has 7 heteroatoms. The lowest BCUT2D eigenvalue weighted by Gasteiger charge is -2.22. The Morgan fingerprint density at radius 3 is 2.55 bits per heavy atom. The molecule has 0 radical (unpaired) electrons. The molecule has 1 aromatic carbocycles. The zero-order chi connectivity index (χ0) is 16.2. The maximum Gasteiger partial charge on any atom is 0.311 e. The molecule has 1 atom stereocenters. The van der Waals surface area contributed by atoms with E-state index in [0.29, 0.717) is 19.4 Å². The summed E-state index contributed by atoms with van der Waals surface area (Å²) in [6.45, 7) is 0.366. The molecular weight excluding hydrogens is 304 g/mol. The lowest BCUT2D eigenvalue weighted by molar-refractivity contribution is -0.146. The molecule has 120 valence electrons. The van der Waals surface area contributed by atoms with Crippen LogP contribution in [0.2, 0.25) is 0 Å². The number of hydrogen-bond acceptors (Lipinski definition) is 4. The number of hydrogen-bond donors (Lipinski definition) is 1. The molecule has 1 heterocycles. The standard InChI is InChI=1S/C15H20N2O4S/c1-17(13-8-10-22(20,21)11-13)15(19)14(18)16-9-7-12-5-3-2-4-6-12/h2-6,13H,7-11H2,1H3,(H,16,18). The monoisotopic (exact) mass is 324 g/mol. The Bertz CT molecular complexity index is 643. The number of nitrogens with zero attached hydrogens (tertiary/aromatic N) is 1. The second kappa shape index (κ2) is 6.91. The fraction of sp³-hybridized carbons (Fsp3) is 0.467. The average molecular weight is 324 g/mol. The van der Waals surface area contributed by atoms with Crippen molar-refractivity contribution < 1.29 is 18.0 Å². The first-order valence-electron chi connectivity index (χ1n) is 7.18. The van der Waals surface area contributed by atoms with E-state index in [1.165, 1.54) is 11.9 Å². The van der Waals surface area contributed by atoms with Gasteiger partial charge in [0.05, 0.1) is 11.5 Å². The Morgan fingerprint density at radius 1 is 1.27 bits per heavy atom. The molecule has 0 saturated carbocycles. The van der Waals surface area contributed by atoms with Crippen molar-refractivity contribution in [1.29, 1.82) is 0 Å². The molecule has 0 aliphatic carbocycles. The number of nitrogens with one attached hydrogen (secondary N) is 1. The van der Waals surface area contributed by atoms with Crippen molar-refractivity contribution >= 4 is 21.7 Å². The number of benzene rings is 1. The topological polar surface area (TPSA) is 83.6 Å². The molecule has 1 N–H and O–H groups in total. The maximum absolute atomic E-state index is 12.0. The van der Waals surface area contributed by atoms with Gasteiger partial charge in [-0.05, 0) is 18.4 Å². The van der Waals surface area contributed by atoms with E-state index >= 15 is 0 Å². The summed E-state index contributed by atoms with van der Waals surface area (Å²) in [4.78, 5) is 25.1. The van der Waals surface area contributed by atoms with Gasteiger partial charge in [-0.3, -0.25) is 9.59 Å². The zero-order valence-corrected chi connectivity index (χ0v) is 13.3. The molecule has 1 aliphatic rings. The fourth-order valence-electron chi connectivity index (χ4n) is 2.45.